The molecular formula is C14H23N3. The van der Waals surface area contributed by atoms with Crippen molar-refractivity contribution in [2.75, 3.05) is 13.1 Å². The summed E-state index contributed by atoms with van der Waals surface area (Å²) >= 11 is 0. The van der Waals surface area contributed by atoms with Crippen molar-refractivity contribution in [2.24, 2.45) is 5.92 Å². The topological polar surface area (TPSA) is 29.9 Å². The molecule has 2 aliphatic rings. The summed E-state index contributed by atoms with van der Waals surface area (Å²) in [5.74, 6) is 2.91. The predicted molar refractivity (Wildman–Crippen MR) is 69.1 cm³/mol. The fourth-order valence-electron chi connectivity index (χ4n) is 3.05. The first-order valence-electron chi connectivity index (χ1n) is 7.07. The van der Waals surface area contributed by atoms with Gasteiger partial charge in [-0.25, -0.2) is 4.98 Å². The molecule has 1 aliphatic heterocycles. The van der Waals surface area contributed by atoms with Crippen LogP contribution in [0.15, 0.2) is 6.20 Å². The molecule has 1 aromatic rings. The lowest BCUT2D eigenvalue weighted by Gasteiger charge is -2.29. The molecule has 3 heteroatoms. The Balaban J connectivity index is 1.73. The number of rotatable bonds is 3. The second kappa shape index (κ2) is 4.81. The molecule has 1 unspecified atom stereocenters. The zero-order valence-electron chi connectivity index (χ0n) is 10.8. The molecule has 1 saturated heterocycles. The van der Waals surface area contributed by atoms with Crippen LogP contribution in [0, 0.1) is 12.8 Å². The quantitative estimate of drug-likeness (QED) is 0.869. The molecule has 1 aromatic heterocycles. The van der Waals surface area contributed by atoms with Gasteiger partial charge in [0.05, 0.1) is 0 Å². The summed E-state index contributed by atoms with van der Waals surface area (Å²) in [6, 6.07) is 0. The zero-order valence-corrected chi connectivity index (χ0v) is 10.8. The summed E-state index contributed by atoms with van der Waals surface area (Å²) in [4.78, 5) is 4.65. The molecule has 1 saturated carbocycles. The smallest absolute Gasteiger partial charge is 0.111 e. The van der Waals surface area contributed by atoms with Crippen LogP contribution in [0.3, 0.4) is 0 Å². The highest BCUT2D eigenvalue weighted by Gasteiger charge is 2.26. The van der Waals surface area contributed by atoms with E-state index in [2.05, 4.69) is 28.0 Å². The third kappa shape index (κ3) is 2.25. The average Bonchev–Trinajstić information content (AvgIpc) is 2.61. The van der Waals surface area contributed by atoms with Gasteiger partial charge in [0.25, 0.3) is 0 Å². The fourth-order valence-corrected chi connectivity index (χ4v) is 3.05. The van der Waals surface area contributed by atoms with Gasteiger partial charge in [0, 0.05) is 24.4 Å². The molecule has 1 atom stereocenters. The number of imidazole rings is 1. The molecule has 17 heavy (non-hydrogen) atoms. The molecule has 0 radical (unpaired) electrons. The van der Waals surface area contributed by atoms with E-state index >= 15 is 0 Å². The van der Waals surface area contributed by atoms with Crippen LogP contribution in [0.25, 0.3) is 0 Å². The van der Waals surface area contributed by atoms with Gasteiger partial charge in [-0.1, -0.05) is 6.42 Å². The van der Waals surface area contributed by atoms with Crippen LogP contribution in [0.4, 0.5) is 0 Å². The van der Waals surface area contributed by atoms with Crippen LogP contribution in [-0.4, -0.2) is 22.6 Å². The van der Waals surface area contributed by atoms with Crippen molar-refractivity contribution in [3.63, 3.8) is 0 Å². The van der Waals surface area contributed by atoms with Crippen LogP contribution in [0.1, 0.15) is 49.5 Å². The van der Waals surface area contributed by atoms with E-state index in [1.54, 1.807) is 0 Å². The van der Waals surface area contributed by atoms with E-state index in [4.69, 9.17) is 0 Å². The summed E-state index contributed by atoms with van der Waals surface area (Å²) in [6.45, 7) is 5.76. The number of aryl methyl sites for hydroxylation is 1. The molecule has 1 N–H and O–H groups in total. The van der Waals surface area contributed by atoms with Crippen LogP contribution in [0.2, 0.25) is 0 Å². The van der Waals surface area contributed by atoms with Gasteiger partial charge in [0.15, 0.2) is 0 Å². The highest BCUT2D eigenvalue weighted by molar-refractivity contribution is 5.10. The highest BCUT2D eigenvalue weighted by Crippen LogP contribution is 2.36. The van der Waals surface area contributed by atoms with Gasteiger partial charge in [-0.2, -0.15) is 0 Å². The van der Waals surface area contributed by atoms with Gasteiger partial charge in [0.2, 0.25) is 0 Å². The minimum absolute atomic E-state index is 0.750. The van der Waals surface area contributed by atoms with Crippen LogP contribution >= 0.6 is 0 Å². The van der Waals surface area contributed by atoms with Crippen molar-refractivity contribution in [1.82, 2.24) is 14.9 Å². The van der Waals surface area contributed by atoms with Crippen LogP contribution in [-0.2, 0) is 6.54 Å². The maximum Gasteiger partial charge on any atom is 0.111 e. The summed E-state index contributed by atoms with van der Waals surface area (Å²) in [6.07, 6.45) is 8.84. The summed E-state index contributed by atoms with van der Waals surface area (Å²) in [5, 5.41) is 3.51. The standard InChI is InChI=1S/C14H23N3/c1-11-8-16-14(13-5-2-6-13)17(11)10-12-4-3-7-15-9-12/h8,12-13,15H,2-7,9-10H2,1H3. The van der Waals surface area contributed by atoms with E-state index in [0.29, 0.717) is 0 Å². The molecule has 3 rings (SSSR count). The van der Waals surface area contributed by atoms with Crippen molar-refractivity contribution in [3.8, 4) is 0 Å². The molecular weight excluding hydrogens is 210 g/mol. The second-order valence-corrected chi connectivity index (χ2v) is 5.71. The number of piperidine rings is 1. The fraction of sp³-hybridized carbons (Fsp3) is 0.786. The molecule has 0 aromatic carbocycles. The first-order valence-corrected chi connectivity index (χ1v) is 7.07. The Labute approximate surface area is 104 Å². The minimum atomic E-state index is 0.750. The lowest BCUT2D eigenvalue weighted by Crippen LogP contribution is -2.33. The van der Waals surface area contributed by atoms with E-state index in [1.807, 2.05) is 0 Å². The SMILES string of the molecule is Cc1cnc(C2CCC2)n1CC1CCCNC1. The third-order valence-corrected chi connectivity index (χ3v) is 4.40. The van der Waals surface area contributed by atoms with E-state index < -0.39 is 0 Å². The summed E-state index contributed by atoms with van der Waals surface area (Å²) in [5.41, 5.74) is 1.34. The maximum atomic E-state index is 4.65. The molecule has 94 valence electrons. The van der Waals surface area contributed by atoms with Gasteiger partial charge in [-0.3, -0.25) is 0 Å². The Bertz CT molecular complexity index is 373. The average molecular weight is 233 g/mol. The number of nitrogens with one attached hydrogen (secondary N) is 1. The number of aromatic nitrogens is 2. The molecule has 0 spiro atoms. The molecule has 2 fully saturated rings. The molecule has 0 bridgehead atoms. The van der Waals surface area contributed by atoms with Crippen LogP contribution in [0.5, 0.6) is 0 Å². The molecule has 1 aliphatic carbocycles. The van der Waals surface area contributed by atoms with E-state index in [9.17, 15) is 0 Å². The predicted octanol–water partition coefficient (Wildman–Crippen LogP) is 2.46. The highest BCUT2D eigenvalue weighted by atomic mass is 15.1. The van der Waals surface area contributed by atoms with Gasteiger partial charge >= 0.3 is 0 Å². The van der Waals surface area contributed by atoms with Gasteiger partial charge in [0.1, 0.15) is 5.82 Å². The van der Waals surface area contributed by atoms with E-state index in [1.165, 1.54) is 63.3 Å². The summed E-state index contributed by atoms with van der Waals surface area (Å²) in [7, 11) is 0. The van der Waals surface area contributed by atoms with E-state index in [-0.39, 0.29) is 0 Å². The molecule has 0 amide bonds. The van der Waals surface area contributed by atoms with Crippen LogP contribution < -0.4 is 5.32 Å². The maximum absolute atomic E-state index is 4.65. The lowest BCUT2D eigenvalue weighted by molar-refractivity contribution is 0.316. The van der Waals surface area contributed by atoms with Gasteiger partial charge < -0.3 is 9.88 Å². The number of hydrogen-bond donors (Lipinski definition) is 1. The summed E-state index contributed by atoms with van der Waals surface area (Å²) < 4.78 is 2.49. The number of nitrogens with zero attached hydrogens (tertiary/aromatic N) is 2. The Morgan fingerprint density at radius 1 is 1.35 bits per heavy atom. The molecule has 3 nitrogen and oxygen atoms in total. The molecule has 2 heterocycles. The Morgan fingerprint density at radius 3 is 2.88 bits per heavy atom. The lowest BCUT2D eigenvalue weighted by atomic mass is 9.84. The Hall–Kier alpha value is -0.830. The van der Waals surface area contributed by atoms with Crippen molar-refractivity contribution >= 4 is 0 Å². The van der Waals surface area contributed by atoms with E-state index in [0.717, 1.165) is 11.8 Å². The van der Waals surface area contributed by atoms with Crippen molar-refractivity contribution in [2.45, 2.75) is 51.5 Å². The zero-order chi connectivity index (χ0) is 11.7. The second-order valence-electron chi connectivity index (χ2n) is 5.71. The van der Waals surface area contributed by atoms with Crippen molar-refractivity contribution < 1.29 is 0 Å². The Morgan fingerprint density at radius 2 is 2.24 bits per heavy atom. The third-order valence-electron chi connectivity index (χ3n) is 4.40. The van der Waals surface area contributed by atoms with Crippen molar-refractivity contribution in [1.29, 1.82) is 0 Å². The van der Waals surface area contributed by atoms with Gasteiger partial charge in [-0.05, 0) is 51.6 Å². The van der Waals surface area contributed by atoms with Crippen molar-refractivity contribution in [3.05, 3.63) is 17.7 Å². The first-order chi connectivity index (χ1) is 8.34. The number of hydrogen-bond acceptors (Lipinski definition) is 2. The van der Waals surface area contributed by atoms with Gasteiger partial charge in [-0.15, -0.1) is 0 Å². The normalized spacial score (nSPS) is 25.8. The Kier molecular flexibility index (Phi) is 3.19. The first kappa shape index (κ1) is 11.3. The minimum Gasteiger partial charge on any atom is -0.332 e. The largest absolute Gasteiger partial charge is 0.332 e. The monoisotopic (exact) mass is 233 g/mol.